The fourth-order valence-corrected chi connectivity index (χ4v) is 4.86. The molecule has 5 rings (SSSR count). The van der Waals surface area contributed by atoms with E-state index in [0.717, 1.165) is 22.2 Å². The fraction of sp³-hybridized carbons (Fsp3) is 0.172. The number of rotatable bonds is 7. The Morgan fingerprint density at radius 1 is 0.973 bits per heavy atom. The number of amides is 1. The van der Waals surface area contributed by atoms with E-state index in [2.05, 4.69) is 4.98 Å². The van der Waals surface area contributed by atoms with Gasteiger partial charge in [0.25, 0.3) is 11.7 Å². The molecular formula is C29H25ClN2O5. The van der Waals surface area contributed by atoms with Crippen molar-refractivity contribution < 1.29 is 24.2 Å². The minimum Gasteiger partial charge on any atom is -0.507 e. The number of aliphatic hydroxyl groups excluding tert-OH is 1. The van der Waals surface area contributed by atoms with Gasteiger partial charge in [0.05, 0.1) is 25.8 Å². The lowest BCUT2D eigenvalue weighted by Crippen LogP contribution is -2.31. The summed E-state index contributed by atoms with van der Waals surface area (Å²) >= 11 is 6.11. The number of aliphatic hydroxyl groups is 1. The van der Waals surface area contributed by atoms with Crippen LogP contribution in [0.3, 0.4) is 0 Å². The third-order valence-corrected chi connectivity index (χ3v) is 6.94. The Morgan fingerprint density at radius 2 is 1.65 bits per heavy atom. The minimum atomic E-state index is -0.765. The maximum absolute atomic E-state index is 13.3. The summed E-state index contributed by atoms with van der Waals surface area (Å²) in [6.07, 6.45) is 2.39. The van der Waals surface area contributed by atoms with Crippen molar-refractivity contribution in [1.29, 1.82) is 0 Å². The molecular weight excluding hydrogens is 492 g/mol. The summed E-state index contributed by atoms with van der Waals surface area (Å²) in [5.74, 6) is -0.280. The number of aromatic amines is 1. The number of methoxy groups -OCH3 is 2. The summed E-state index contributed by atoms with van der Waals surface area (Å²) in [6, 6.07) is 18.6. The molecule has 0 spiro atoms. The summed E-state index contributed by atoms with van der Waals surface area (Å²) in [4.78, 5) is 31.3. The molecule has 0 radical (unpaired) electrons. The SMILES string of the molecule is COc1ccc(C(O)=C2C(=O)C(=O)N(CCc3c[nH]c4ccc(OC)cc34)[C@@H]2c2ccc(Cl)cc2)cc1. The maximum atomic E-state index is 13.3. The molecule has 4 aromatic rings. The summed E-state index contributed by atoms with van der Waals surface area (Å²) in [7, 11) is 3.16. The molecule has 1 amide bonds. The van der Waals surface area contributed by atoms with Crippen molar-refractivity contribution in [3.8, 4) is 11.5 Å². The molecule has 1 aliphatic rings. The Hall–Kier alpha value is -4.23. The predicted octanol–water partition coefficient (Wildman–Crippen LogP) is 5.50. The first-order valence-corrected chi connectivity index (χ1v) is 12.1. The Balaban J connectivity index is 1.54. The number of ketones is 1. The largest absolute Gasteiger partial charge is 0.507 e. The van der Waals surface area contributed by atoms with Crippen molar-refractivity contribution in [2.45, 2.75) is 12.5 Å². The van der Waals surface area contributed by atoms with E-state index >= 15 is 0 Å². The zero-order valence-electron chi connectivity index (χ0n) is 20.3. The van der Waals surface area contributed by atoms with E-state index in [1.165, 1.54) is 4.90 Å². The normalized spacial score (nSPS) is 16.9. The van der Waals surface area contributed by atoms with Gasteiger partial charge < -0.3 is 24.5 Å². The second-order valence-electron chi connectivity index (χ2n) is 8.75. The molecule has 1 aromatic heterocycles. The summed E-state index contributed by atoms with van der Waals surface area (Å²) in [5, 5.41) is 12.7. The summed E-state index contributed by atoms with van der Waals surface area (Å²) in [6.45, 7) is 0.265. The Morgan fingerprint density at radius 3 is 2.32 bits per heavy atom. The quantitative estimate of drug-likeness (QED) is 0.192. The third-order valence-electron chi connectivity index (χ3n) is 6.69. The molecule has 7 nitrogen and oxygen atoms in total. The molecule has 8 heteroatoms. The Kier molecular flexibility index (Phi) is 6.63. The van der Waals surface area contributed by atoms with Gasteiger partial charge in [-0.15, -0.1) is 0 Å². The van der Waals surface area contributed by atoms with Crippen LogP contribution in [0.4, 0.5) is 0 Å². The second-order valence-corrected chi connectivity index (χ2v) is 9.18. The number of nitrogens with zero attached hydrogens (tertiary/aromatic N) is 1. The zero-order valence-corrected chi connectivity index (χ0v) is 21.1. The van der Waals surface area contributed by atoms with Crippen LogP contribution in [-0.2, 0) is 16.0 Å². The highest BCUT2D eigenvalue weighted by atomic mass is 35.5. The monoisotopic (exact) mass is 516 g/mol. The number of likely N-dealkylation sites (tertiary alicyclic amines) is 1. The number of hydrogen-bond acceptors (Lipinski definition) is 5. The van der Waals surface area contributed by atoms with Crippen LogP contribution in [0, 0.1) is 0 Å². The number of ether oxygens (including phenoxy) is 2. The van der Waals surface area contributed by atoms with Crippen LogP contribution in [0.5, 0.6) is 11.5 Å². The molecule has 1 saturated heterocycles. The maximum Gasteiger partial charge on any atom is 0.295 e. The van der Waals surface area contributed by atoms with Gasteiger partial charge >= 0.3 is 0 Å². The van der Waals surface area contributed by atoms with Crippen molar-refractivity contribution in [3.05, 3.63) is 100 Å². The number of H-pyrrole nitrogens is 1. The molecule has 37 heavy (non-hydrogen) atoms. The average Bonchev–Trinajstić information content (AvgIpc) is 3.44. The van der Waals surface area contributed by atoms with Crippen molar-refractivity contribution in [2.24, 2.45) is 0 Å². The highest BCUT2D eigenvalue weighted by Crippen LogP contribution is 2.40. The van der Waals surface area contributed by atoms with E-state index in [9.17, 15) is 14.7 Å². The number of hydrogen-bond donors (Lipinski definition) is 2. The van der Waals surface area contributed by atoms with Crippen LogP contribution in [0.2, 0.25) is 5.02 Å². The average molecular weight is 517 g/mol. The van der Waals surface area contributed by atoms with Crippen LogP contribution in [0.25, 0.3) is 16.7 Å². The summed E-state index contributed by atoms with van der Waals surface area (Å²) < 4.78 is 10.6. The van der Waals surface area contributed by atoms with Gasteiger partial charge in [-0.1, -0.05) is 23.7 Å². The zero-order chi connectivity index (χ0) is 26.1. The molecule has 2 heterocycles. The lowest BCUT2D eigenvalue weighted by Gasteiger charge is -2.25. The number of halogens is 1. The van der Waals surface area contributed by atoms with Gasteiger partial charge in [0.1, 0.15) is 17.3 Å². The molecule has 1 aliphatic heterocycles. The predicted molar refractivity (Wildman–Crippen MR) is 142 cm³/mol. The van der Waals surface area contributed by atoms with Crippen molar-refractivity contribution in [1.82, 2.24) is 9.88 Å². The minimum absolute atomic E-state index is 0.0399. The van der Waals surface area contributed by atoms with Gasteiger partial charge in [0, 0.05) is 34.2 Å². The summed E-state index contributed by atoms with van der Waals surface area (Å²) in [5.41, 5.74) is 3.08. The van der Waals surface area contributed by atoms with Crippen molar-refractivity contribution in [3.63, 3.8) is 0 Å². The smallest absolute Gasteiger partial charge is 0.295 e. The molecule has 0 unspecified atom stereocenters. The highest BCUT2D eigenvalue weighted by Gasteiger charge is 2.45. The first kappa shape index (κ1) is 24.5. The number of carbonyl (C=O) groups is 2. The third kappa shape index (κ3) is 4.54. The van der Waals surface area contributed by atoms with E-state index in [1.807, 2.05) is 24.4 Å². The standard InChI is InChI=1S/C29H25ClN2O5/c1-36-21-9-5-18(6-10-21)27(33)25-26(17-3-7-20(30)8-4-17)32(29(35)28(25)34)14-13-19-16-31-24-12-11-22(37-2)15-23(19)24/h3-12,15-16,26,31,33H,13-14H2,1-2H3/t26-/m1/s1. The van der Waals surface area contributed by atoms with Crippen LogP contribution in [0.1, 0.15) is 22.7 Å². The van der Waals surface area contributed by atoms with Crippen LogP contribution >= 0.6 is 11.6 Å². The Bertz CT molecular complexity index is 1510. The number of Topliss-reactive ketones (excluding diaryl/α,β-unsaturated/α-hetero) is 1. The number of nitrogens with one attached hydrogen (secondary N) is 1. The lowest BCUT2D eigenvalue weighted by molar-refractivity contribution is -0.139. The van der Waals surface area contributed by atoms with Gasteiger partial charge in [-0.2, -0.15) is 0 Å². The van der Waals surface area contributed by atoms with E-state index in [4.69, 9.17) is 21.1 Å². The van der Waals surface area contributed by atoms with Crippen LogP contribution in [0.15, 0.2) is 78.5 Å². The van der Waals surface area contributed by atoms with Crippen LogP contribution < -0.4 is 9.47 Å². The molecule has 2 N–H and O–H groups in total. The van der Waals surface area contributed by atoms with Crippen LogP contribution in [-0.4, -0.2) is 47.4 Å². The first-order chi connectivity index (χ1) is 17.9. The molecule has 1 atom stereocenters. The highest BCUT2D eigenvalue weighted by molar-refractivity contribution is 6.46. The molecule has 3 aromatic carbocycles. The van der Waals surface area contributed by atoms with E-state index in [-0.39, 0.29) is 17.9 Å². The lowest BCUT2D eigenvalue weighted by atomic mass is 9.95. The van der Waals surface area contributed by atoms with Crippen molar-refractivity contribution in [2.75, 3.05) is 20.8 Å². The van der Waals surface area contributed by atoms with E-state index in [0.29, 0.717) is 28.3 Å². The van der Waals surface area contributed by atoms with Gasteiger partial charge in [0.2, 0.25) is 0 Å². The molecule has 188 valence electrons. The van der Waals surface area contributed by atoms with Gasteiger partial charge in [-0.25, -0.2) is 0 Å². The number of aromatic nitrogens is 1. The topological polar surface area (TPSA) is 91.9 Å². The molecule has 0 saturated carbocycles. The first-order valence-electron chi connectivity index (χ1n) is 11.7. The molecule has 1 fully saturated rings. The second kappa shape index (κ2) is 10.0. The Labute approximate surface area is 218 Å². The van der Waals surface area contributed by atoms with Crippen molar-refractivity contribution >= 4 is 40.0 Å². The molecule has 0 aliphatic carbocycles. The van der Waals surface area contributed by atoms with Gasteiger partial charge in [0.15, 0.2) is 0 Å². The number of carbonyl (C=O) groups excluding carboxylic acids is 2. The number of fused-ring (bicyclic) bond motifs is 1. The number of benzene rings is 3. The van der Waals surface area contributed by atoms with E-state index < -0.39 is 17.7 Å². The van der Waals surface area contributed by atoms with Gasteiger partial charge in [-0.3, -0.25) is 9.59 Å². The molecule has 0 bridgehead atoms. The van der Waals surface area contributed by atoms with Gasteiger partial charge in [-0.05, 0) is 72.1 Å². The van der Waals surface area contributed by atoms with E-state index in [1.54, 1.807) is 62.8 Å². The fourth-order valence-electron chi connectivity index (χ4n) is 4.74.